The number of aliphatic hydroxyl groups is 1. The Morgan fingerprint density at radius 1 is 1.50 bits per heavy atom. The van der Waals surface area contributed by atoms with Gasteiger partial charge in [-0.25, -0.2) is 4.98 Å². The van der Waals surface area contributed by atoms with E-state index in [1.165, 1.54) is 0 Å². The fourth-order valence-corrected chi connectivity index (χ4v) is 1.43. The van der Waals surface area contributed by atoms with Crippen LogP contribution in [0, 0.1) is 6.92 Å². The molecule has 0 aliphatic rings. The van der Waals surface area contributed by atoms with Crippen LogP contribution in [0.25, 0.3) is 0 Å². The summed E-state index contributed by atoms with van der Waals surface area (Å²) in [6.45, 7) is 5.17. The summed E-state index contributed by atoms with van der Waals surface area (Å²) < 4.78 is 12.3. The molecule has 0 aliphatic heterocycles. The third kappa shape index (κ3) is 4.30. The maximum absolute atomic E-state index is 9.75. The Morgan fingerprint density at radius 2 is 2.25 bits per heavy atom. The Kier molecular flexibility index (Phi) is 5.45. The van der Waals surface area contributed by atoms with Gasteiger partial charge < -0.3 is 19.1 Å². The van der Waals surface area contributed by atoms with Crippen molar-refractivity contribution in [2.45, 2.75) is 32.6 Å². The topological polar surface area (TPSA) is 56.5 Å². The molecule has 1 aromatic heterocycles. The van der Waals surface area contributed by atoms with Gasteiger partial charge in [-0.1, -0.05) is 0 Å². The van der Waals surface area contributed by atoms with E-state index in [0.29, 0.717) is 19.8 Å². The minimum absolute atomic E-state index is 0.00327. The number of aliphatic hydroxyl groups excluding tert-OH is 1. The van der Waals surface area contributed by atoms with Gasteiger partial charge in [-0.05, 0) is 13.8 Å². The second kappa shape index (κ2) is 6.62. The Hall–Kier alpha value is -0.910. The average Bonchev–Trinajstić information content (AvgIpc) is 2.62. The first-order valence-electron chi connectivity index (χ1n) is 5.39. The average molecular weight is 228 g/mol. The Balaban J connectivity index is 2.26. The Morgan fingerprint density at radius 3 is 2.81 bits per heavy atom. The predicted octanol–water partition coefficient (Wildman–Crippen LogP) is 0.604. The van der Waals surface area contributed by atoms with Gasteiger partial charge in [-0.2, -0.15) is 0 Å². The van der Waals surface area contributed by atoms with Crippen LogP contribution in [0.15, 0.2) is 12.4 Å². The molecular formula is C11H20N2O3. The minimum atomic E-state index is -0.521. The van der Waals surface area contributed by atoms with Crippen LogP contribution in [0.1, 0.15) is 12.7 Å². The molecular weight excluding hydrogens is 208 g/mol. The molecule has 5 heteroatoms. The highest BCUT2D eigenvalue weighted by atomic mass is 16.5. The summed E-state index contributed by atoms with van der Waals surface area (Å²) in [7, 11) is 1.63. The summed E-state index contributed by atoms with van der Waals surface area (Å²) in [5.74, 6) is 0.893. The van der Waals surface area contributed by atoms with E-state index in [1.54, 1.807) is 13.3 Å². The van der Waals surface area contributed by atoms with E-state index in [1.807, 2.05) is 24.6 Å². The van der Waals surface area contributed by atoms with E-state index in [9.17, 15) is 5.11 Å². The maximum Gasteiger partial charge on any atom is 0.105 e. The zero-order valence-electron chi connectivity index (χ0n) is 10.1. The molecule has 5 nitrogen and oxygen atoms in total. The molecule has 16 heavy (non-hydrogen) atoms. The van der Waals surface area contributed by atoms with Crippen molar-refractivity contribution in [1.82, 2.24) is 9.55 Å². The van der Waals surface area contributed by atoms with Gasteiger partial charge in [0.15, 0.2) is 0 Å². The van der Waals surface area contributed by atoms with Gasteiger partial charge in [0.2, 0.25) is 0 Å². The molecule has 0 fully saturated rings. The van der Waals surface area contributed by atoms with Crippen molar-refractivity contribution in [3.63, 3.8) is 0 Å². The summed E-state index contributed by atoms with van der Waals surface area (Å²) in [6.07, 6.45) is 3.05. The number of hydrogen-bond donors (Lipinski definition) is 1. The first kappa shape index (κ1) is 13.2. The molecule has 1 rings (SSSR count). The number of imidazole rings is 1. The van der Waals surface area contributed by atoms with Crippen molar-refractivity contribution in [1.29, 1.82) is 0 Å². The normalized spacial score (nSPS) is 15.0. The van der Waals surface area contributed by atoms with Crippen LogP contribution >= 0.6 is 0 Å². The number of rotatable bonds is 7. The van der Waals surface area contributed by atoms with Crippen molar-refractivity contribution in [2.24, 2.45) is 0 Å². The second-order valence-electron chi connectivity index (χ2n) is 3.88. The van der Waals surface area contributed by atoms with E-state index < -0.39 is 6.10 Å². The molecule has 0 saturated heterocycles. The summed E-state index contributed by atoms with van der Waals surface area (Å²) >= 11 is 0. The zero-order chi connectivity index (χ0) is 12.0. The molecule has 0 spiro atoms. The molecule has 0 aromatic carbocycles. The quantitative estimate of drug-likeness (QED) is 0.742. The largest absolute Gasteiger partial charge is 0.389 e. The first-order chi connectivity index (χ1) is 7.63. The molecule has 1 heterocycles. The van der Waals surface area contributed by atoms with Crippen LogP contribution in [0.5, 0.6) is 0 Å². The molecule has 0 saturated carbocycles. The molecule has 0 aliphatic carbocycles. The molecule has 2 unspecified atom stereocenters. The van der Waals surface area contributed by atoms with E-state index in [2.05, 4.69) is 4.98 Å². The highest BCUT2D eigenvalue weighted by molar-refractivity contribution is 4.88. The standard InChI is InChI=1S/C11H20N2O3/c1-9(7-15-3)16-8-11(14)6-13-5-4-12-10(13)2/h4-5,9,11,14H,6-8H2,1-3H3. The minimum Gasteiger partial charge on any atom is -0.389 e. The second-order valence-corrected chi connectivity index (χ2v) is 3.88. The fraction of sp³-hybridized carbons (Fsp3) is 0.727. The number of aryl methyl sites for hydroxylation is 1. The van der Waals surface area contributed by atoms with Crippen LogP contribution in [0.2, 0.25) is 0 Å². The van der Waals surface area contributed by atoms with E-state index in [0.717, 1.165) is 5.82 Å². The van der Waals surface area contributed by atoms with Gasteiger partial charge in [0.05, 0.1) is 32.0 Å². The van der Waals surface area contributed by atoms with Crippen molar-refractivity contribution in [3.8, 4) is 0 Å². The third-order valence-electron chi connectivity index (χ3n) is 2.31. The van der Waals surface area contributed by atoms with Crippen molar-refractivity contribution < 1.29 is 14.6 Å². The van der Waals surface area contributed by atoms with Crippen LogP contribution < -0.4 is 0 Å². The van der Waals surface area contributed by atoms with Gasteiger partial charge in [0.1, 0.15) is 5.82 Å². The number of ether oxygens (including phenoxy) is 2. The molecule has 1 aromatic rings. The lowest BCUT2D eigenvalue weighted by Gasteiger charge is -2.16. The molecule has 0 amide bonds. The number of methoxy groups -OCH3 is 1. The maximum atomic E-state index is 9.75. The molecule has 2 atom stereocenters. The Bertz CT molecular complexity index is 301. The lowest BCUT2D eigenvalue weighted by atomic mass is 10.3. The number of nitrogens with zero attached hydrogens (tertiary/aromatic N) is 2. The summed E-state index contributed by atoms with van der Waals surface area (Å²) in [5, 5.41) is 9.75. The van der Waals surface area contributed by atoms with Crippen molar-refractivity contribution in [2.75, 3.05) is 20.3 Å². The van der Waals surface area contributed by atoms with Gasteiger partial charge in [0, 0.05) is 19.5 Å². The predicted molar refractivity (Wildman–Crippen MR) is 60.3 cm³/mol. The van der Waals surface area contributed by atoms with E-state index in [4.69, 9.17) is 9.47 Å². The smallest absolute Gasteiger partial charge is 0.105 e. The van der Waals surface area contributed by atoms with Gasteiger partial charge in [-0.15, -0.1) is 0 Å². The van der Waals surface area contributed by atoms with Crippen molar-refractivity contribution in [3.05, 3.63) is 18.2 Å². The van der Waals surface area contributed by atoms with E-state index >= 15 is 0 Å². The lowest BCUT2D eigenvalue weighted by Crippen LogP contribution is -2.26. The van der Waals surface area contributed by atoms with Gasteiger partial charge >= 0.3 is 0 Å². The summed E-state index contributed by atoms with van der Waals surface area (Å²) in [5.41, 5.74) is 0. The van der Waals surface area contributed by atoms with E-state index in [-0.39, 0.29) is 6.10 Å². The highest BCUT2D eigenvalue weighted by Crippen LogP contribution is 2.00. The monoisotopic (exact) mass is 228 g/mol. The SMILES string of the molecule is COCC(C)OCC(O)Cn1ccnc1C. The fourth-order valence-electron chi connectivity index (χ4n) is 1.43. The van der Waals surface area contributed by atoms with Crippen LogP contribution in [0.4, 0.5) is 0 Å². The lowest BCUT2D eigenvalue weighted by molar-refractivity contribution is -0.0357. The summed E-state index contributed by atoms with van der Waals surface area (Å²) in [6, 6.07) is 0. The molecule has 0 radical (unpaired) electrons. The number of hydrogen-bond acceptors (Lipinski definition) is 4. The molecule has 0 bridgehead atoms. The Labute approximate surface area is 96.0 Å². The van der Waals surface area contributed by atoms with Crippen molar-refractivity contribution >= 4 is 0 Å². The molecule has 92 valence electrons. The third-order valence-corrected chi connectivity index (χ3v) is 2.31. The van der Waals surface area contributed by atoms with Crippen LogP contribution in [0.3, 0.4) is 0 Å². The zero-order valence-corrected chi connectivity index (χ0v) is 10.1. The van der Waals surface area contributed by atoms with Crippen LogP contribution in [-0.4, -0.2) is 47.2 Å². The highest BCUT2D eigenvalue weighted by Gasteiger charge is 2.09. The van der Waals surface area contributed by atoms with Gasteiger partial charge in [0.25, 0.3) is 0 Å². The number of aromatic nitrogens is 2. The first-order valence-corrected chi connectivity index (χ1v) is 5.39. The summed E-state index contributed by atoms with van der Waals surface area (Å²) in [4.78, 5) is 4.09. The van der Waals surface area contributed by atoms with Gasteiger partial charge in [-0.3, -0.25) is 0 Å². The molecule has 1 N–H and O–H groups in total. The van der Waals surface area contributed by atoms with Crippen LogP contribution in [-0.2, 0) is 16.0 Å².